The summed E-state index contributed by atoms with van der Waals surface area (Å²) in [6.07, 6.45) is 2.74. The van der Waals surface area contributed by atoms with Gasteiger partial charge in [0.05, 0.1) is 4.90 Å². The number of anilines is 2. The molecule has 2 N–H and O–H groups in total. The molecule has 7 nitrogen and oxygen atoms in total. The molecule has 0 aromatic heterocycles. The fourth-order valence-corrected chi connectivity index (χ4v) is 4.49. The van der Waals surface area contributed by atoms with Gasteiger partial charge in [-0.1, -0.05) is 6.42 Å². The van der Waals surface area contributed by atoms with Crippen molar-refractivity contribution in [2.24, 2.45) is 0 Å². The molecule has 0 spiro atoms. The van der Waals surface area contributed by atoms with E-state index in [9.17, 15) is 22.0 Å². The van der Waals surface area contributed by atoms with E-state index in [1.165, 1.54) is 52.8 Å². The molecule has 3 rings (SSSR count). The van der Waals surface area contributed by atoms with Gasteiger partial charge < -0.3 is 15.4 Å². The van der Waals surface area contributed by atoms with Crippen molar-refractivity contribution in [1.29, 1.82) is 0 Å². The van der Waals surface area contributed by atoms with E-state index in [0.717, 1.165) is 19.3 Å². The van der Waals surface area contributed by atoms with Crippen LogP contribution in [0.15, 0.2) is 53.4 Å². The van der Waals surface area contributed by atoms with Gasteiger partial charge in [-0.2, -0.15) is 13.1 Å². The van der Waals surface area contributed by atoms with E-state index in [1.54, 1.807) is 0 Å². The lowest BCUT2D eigenvalue weighted by Crippen LogP contribution is -2.35. The molecule has 1 aliphatic rings. The monoisotopic (exact) mass is 425 g/mol. The third-order valence-electron chi connectivity index (χ3n) is 4.40. The highest BCUT2D eigenvalue weighted by Crippen LogP contribution is 2.22. The topological polar surface area (TPSA) is 87.7 Å². The summed E-state index contributed by atoms with van der Waals surface area (Å²) >= 11 is 0. The Kier molecular flexibility index (Phi) is 6.65. The van der Waals surface area contributed by atoms with E-state index in [1.807, 2.05) is 0 Å². The fraction of sp³-hybridized carbons (Fsp3) is 0.316. The highest BCUT2D eigenvalue weighted by Gasteiger charge is 2.25. The number of halogens is 2. The number of nitrogens with zero attached hydrogens (tertiary/aromatic N) is 1. The van der Waals surface area contributed by atoms with Gasteiger partial charge >= 0.3 is 12.6 Å². The summed E-state index contributed by atoms with van der Waals surface area (Å²) in [7, 11) is -3.53. The third kappa shape index (κ3) is 5.64. The Balaban J connectivity index is 1.58. The van der Waals surface area contributed by atoms with E-state index in [2.05, 4.69) is 15.4 Å². The van der Waals surface area contributed by atoms with Crippen molar-refractivity contribution < 1.29 is 26.7 Å². The van der Waals surface area contributed by atoms with Gasteiger partial charge in [-0.15, -0.1) is 0 Å². The molecule has 2 aromatic carbocycles. The molecule has 1 saturated heterocycles. The molecular weight excluding hydrogens is 404 g/mol. The summed E-state index contributed by atoms with van der Waals surface area (Å²) in [5.74, 6) is -0.0172. The smallest absolute Gasteiger partial charge is 0.387 e. The molecule has 0 saturated carbocycles. The Bertz CT molecular complexity index is 929. The van der Waals surface area contributed by atoms with Gasteiger partial charge in [0.1, 0.15) is 5.75 Å². The van der Waals surface area contributed by atoms with Crippen molar-refractivity contribution in [3.8, 4) is 5.75 Å². The number of carbonyl (C=O) groups is 1. The number of ether oxygens (including phenoxy) is 1. The molecule has 10 heteroatoms. The zero-order valence-electron chi connectivity index (χ0n) is 15.5. The lowest BCUT2D eigenvalue weighted by atomic mass is 10.2. The lowest BCUT2D eigenvalue weighted by Gasteiger charge is -2.25. The average Bonchev–Trinajstić information content (AvgIpc) is 2.70. The average molecular weight is 425 g/mol. The maximum Gasteiger partial charge on any atom is 0.387 e. The summed E-state index contributed by atoms with van der Waals surface area (Å²) in [5.41, 5.74) is 0.797. The molecule has 2 aromatic rings. The number of rotatable bonds is 6. The number of alkyl halides is 2. The van der Waals surface area contributed by atoms with E-state index >= 15 is 0 Å². The number of urea groups is 1. The third-order valence-corrected chi connectivity index (χ3v) is 6.32. The van der Waals surface area contributed by atoms with Crippen molar-refractivity contribution in [3.63, 3.8) is 0 Å². The molecule has 1 fully saturated rings. The van der Waals surface area contributed by atoms with Crippen LogP contribution in [0.25, 0.3) is 0 Å². The van der Waals surface area contributed by atoms with Crippen LogP contribution in [0, 0.1) is 0 Å². The number of nitrogens with one attached hydrogen (secondary N) is 2. The number of hydrogen-bond donors (Lipinski definition) is 2. The van der Waals surface area contributed by atoms with Gasteiger partial charge in [-0.3, -0.25) is 0 Å². The standard InChI is InChI=1S/C19H21F2N3O4S/c20-18(21)28-16-8-4-14(5-9-16)22-19(25)23-15-6-10-17(11-7-15)29(26,27)24-12-2-1-3-13-24/h4-11,18H,1-3,12-13H2,(H2,22,23,25). The van der Waals surface area contributed by atoms with E-state index in [0.29, 0.717) is 24.5 Å². The van der Waals surface area contributed by atoms with Gasteiger partial charge in [0.15, 0.2) is 0 Å². The Hall–Kier alpha value is -2.72. The second-order valence-corrected chi connectivity index (χ2v) is 8.41. The number of hydrogen-bond acceptors (Lipinski definition) is 4. The normalized spacial score (nSPS) is 15.1. The van der Waals surface area contributed by atoms with Gasteiger partial charge in [-0.05, 0) is 61.4 Å². The summed E-state index contributed by atoms with van der Waals surface area (Å²) in [6.45, 7) is -1.88. The van der Waals surface area contributed by atoms with Crippen LogP contribution >= 0.6 is 0 Å². The van der Waals surface area contributed by atoms with Crippen molar-refractivity contribution in [1.82, 2.24) is 4.31 Å². The molecule has 29 heavy (non-hydrogen) atoms. The van der Waals surface area contributed by atoms with Gasteiger partial charge in [-0.25, -0.2) is 13.2 Å². The Labute approximate surface area is 167 Å². The van der Waals surface area contributed by atoms with Crippen molar-refractivity contribution in [3.05, 3.63) is 48.5 Å². The SMILES string of the molecule is O=C(Nc1ccc(OC(F)F)cc1)Nc1ccc(S(=O)(=O)N2CCCCC2)cc1. The highest BCUT2D eigenvalue weighted by molar-refractivity contribution is 7.89. The van der Waals surface area contributed by atoms with E-state index < -0.39 is 22.7 Å². The number of carbonyl (C=O) groups excluding carboxylic acids is 1. The van der Waals surface area contributed by atoms with E-state index in [-0.39, 0.29) is 10.6 Å². The lowest BCUT2D eigenvalue weighted by molar-refractivity contribution is -0.0498. The first-order valence-electron chi connectivity index (χ1n) is 9.08. The summed E-state index contributed by atoms with van der Waals surface area (Å²) in [6, 6.07) is 10.8. The van der Waals surface area contributed by atoms with Crippen LogP contribution in [0.2, 0.25) is 0 Å². The second-order valence-electron chi connectivity index (χ2n) is 6.47. The van der Waals surface area contributed by atoms with Crippen LogP contribution in [0.3, 0.4) is 0 Å². The molecule has 0 aliphatic carbocycles. The predicted molar refractivity (Wildman–Crippen MR) is 105 cm³/mol. The number of piperidine rings is 1. The maximum absolute atomic E-state index is 12.6. The van der Waals surface area contributed by atoms with Crippen LogP contribution in [0.4, 0.5) is 25.0 Å². The summed E-state index contributed by atoms with van der Waals surface area (Å²) < 4.78 is 55.2. The molecule has 0 atom stereocenters. The molecule has 2 amide bonds. The number of benzene rings is 2. The minimum atomic E-state index is -3.53. The van der Waals surface area contributed by atoms with Crippen LogP contribution in [-0.2, 0) is 10.0 Å². The Morgan fingerprint density at radius 1 is 0.897 bits per heavy atom. The molecule has 1 heterocycles. The van der Waals surface area contributed by atoms with Crippen molar-refractivity contribution in [2.75, 3.05) is 23.7 Å². The summed E-state index contributed by atoms with van der Waals surface area (Å²) in [4.78, 5) is 12.3. The minimum absolute atomic E-state index is 0.0172. The minimum Gasteiger partial charge on any atom is -0.435 e. The molecule has 0 radical (unpaired) electrons. The molecule has 0 bridgehead atoms. The molecule has 0 unspecified atom stereocenters. The van der Waals surface area contributed by atoms with Gasteiger partial charge in [0, 0.05) is 24.5 Å². The van der Waals surface area contributed by atoms with Gasteiger partial charge in [0.2, 0.25) is 10.0 Å². The van der Waals surface area contributed by atoms with Crippen LogP contribution < -0.4 is 15.4 Å². The van der Waals surface area contributed by atoms with Crippen molar-refractivity contribution in [2.45, 2.75) is 30.8 Å². The van der Waals surface area contributed by atoms with Gasteiger partial charge in [0.25, 0.3) is 0 Å². The first-order valence-corrected chi connectivity index (χ1v) is 10.5. The predicted octanol–water partition coefficient (Wildman–Crippen LogP) is 4.11. The Morgan fingerprint density at radius 2 is 1.41 bits per heavy atom. The van der Waals surface area contributed by atoms with E-state index in [4.69, 9.17) is 0 Å². The second kappa shape index (κ2) is 9.19. The first-order chi connectivity index (χ1) is 13.8. The Morgan fingerprint density at radius 3 is 1.93 bits per heavy atom. The highest BCUT2D eigenvalue weighted by atomic mass is 32.2. The quantitative estimate of drug-likeness (QED) is 0.729. The molecular formula is C19H21F2N3O4S. The largest absolute Gasteiger partial charge is 0.435 e. The van der Waals surface area contributed by atoms with Crippen LogP contribution in [-0.4, -0.2) is 38.5 Å². The maximum atomic E-state index is 12.6. The molecule has 1 aliphatic heterocycles. The first kappa shape index (κ1) is 21.0. The van der Waals surface area contributed by atoms with Crippen LogP contribution in [0.5, 0.6) is 5.75 Å². The zero-order chi connectivity index (χ0) is 20.9. The number of sulfonamides is 1. The number of amides is 2. The summed E-state index contributed by atoms with van der Waals surface area (Å²) in [5, 5.41) is 5.13. The van der Waals surface area contributed by atoms with Crippen LogP contribution in [0.1, 0.15) is 19.3 Å². The van der Waals surface area contributed by atoms with Crippen molar-refractivity contribution >= 4 is 27.4 Å². The zero-order valence-corrected chi connectivity index (χ0v) is 16.3. The molecule has 156 valence electrons. The fourth-order valence-electron chi connectivity index (χ4n) is 2.98.